The summed E-state index contributed by atoms with van der Waals surface area (Å²) in [5.74, 6) is 0.394. The van der Waals surface area contributed by atoms with Gasteiger partial charge in [0.2, 0.25) is 5.91 Å². The first-order valence-corrected chi connectivity index (χ1v) is 5.29. The molecule has 1 aliphatic heterocycles. The molecule has 4 nitrogen and oxygen atoms in total. The highest BCUT2D eigenvalue weighted by atomic mass is 16.5. The standard InChI is InChI=1S/C11H18NO3/c1-9(13)12-7-5-10(6-8-12)3-4-11(14)15-2/h3,10H,4-8H2,1-2H3. The summed E-state index contributed by atoms with van der Waals surface area (Å²) in [6.45, 7) is 3.20. The number of methoxy groups -OCH3 is 1. The van der Waals surface area contributed by atoms with Crippen LogP contribution in [-0.4, -0.2) is 37.0 Å². The number of piperidine rings is 1. The summed E-state index contributed by atoms with van der Waals surface area (Å²) in [6.07, 6.45) is 4.29. The van der Waals surface area contributed by atoms with Gasteiger partial charge in [-0.05, 0) is 25.2 Å². The molecular formula is C11H18NO3. The second-order valence-corrected chi connectivity index (χ2v) is 3.86. The molecule has 0 saturated carbocycles. The molecule has 0 aromatic heterocycles. The molecule has 15 heavy (non-hydrogen) atoms. The van der Waals surface area contributed by atoms with Gasteiger partial charge in [0.1, 0.15) is 0 Å². The minimum Gasteiger partial charge on any atom is -0.469 e. The van der Waals surface area contributed by atoms with Gasteiger partial charge in [-0.1, -0.05) is 0 Å². The van der Waals surface area contributed by atoms with Crippen LogP contribution in [0.15, 0.2) is 0 Å². The van der Waals surface area contributed by atoms with Crippen molar-refractivity contribution >= 4 is 11.9 Å². The Hall–Kier alpha value is -1.06. The fourth-order valence-electron chi connectivity index (χ4n) is 1.80. The SMILES string of the molecule is COC(=O)C[CH]C1CCN(C(C)=O)CC1. The Balaban J connectivity index is 2.20. The topological polar surface area (TPSA) is 46.6 Å². The van der Waals surface area contributed by atoms with Crippen LogP contribution in [0.5, 0.6) is 0 Å². The first-order chi connectivity index (χ1) is 7.13. The highest BCUT2D eigenvalue weighted by Gasteiger charge is 2.21. The van der Waals surface area contributed by atoms with E-state index in [2.05, 4.69) is 4.74 Å². The molecular weight excluding hydrogens is 194 g/mol. The molecule has 1 amide bonds. The van der Waals surface area contributed by atoms with Crippen molar-refractivity contribution in [2.75, 3.05) is 20.2 Å². The highest BCUT2D eigenvalue weighted by molar-refractivity contribution is 5.73. The second-order valence-electron chi connectivity index (χ2n) is 3.86. The molecule has 1 aliphatic rings. The Morgan fingerprint density at radius 3 is 2.47 bits per heavy atom. The van der Waals surface area contributed by atoms with E-state index in [9.17, 15) is 9.59 Å². The number of carbonyl (C=O) groups is 2. The summed E-state index contributed by atoms with van der Waals surface area (Å²) >= 11 is 0. The number of carbonyl (C=O) groups excluding carboxylic acids is 2. The zero-order valence-corrected chi connectivity index (χ0v) is 9.36. The van der Waals surface area contributed by atoms with Crippen LogP contribution in [-0.2, 0) is 14.3 Å². The number of amides is 1. The van der Waals surface area contributed by atoms with E-state index >= 15 is 0 Å². The van der Waals surface area contributed by atoms with Gasteiger partial charge in [0.25, 0.3) is 0 Å². The van der Waals surface area contributed by atoms with Crippen LogP contribution in [0.1, 0.15) is 26.2 Å². The van der Waals surface area contributed by atoms with E-state index in [1.807, 2.05) is 11.3 Å². The minimum absolute atomic E-state index is 0.140. The molecule has 1 rings (SSSR count). The number of hydrogen-bond acceptors (Lipinski definition) is 3. The molecule has 0 spiro atoms. The van der Waals surface area contributed by atoms with Crippen LogP contribution in [0.3, 0.4) is 0 Å². The summed E-state index contributed by atoms with van der Waals surface area (Å²) in [5.41, 5.74) is 0. The van der Waals surface area contributed by atoms with Crippen molar-refractivity contribution in [3.8, 4) is 0 Å². The van der Waals surface area contributed by atoms with Gasteiger partial charge in [-0.2, -0.15) is 0 Å². The number of ether oxygens (including phenoxy) is 1. The molecule has 0 unspecified atom stereocenters. The average Bonchev–Trinajstić information content (AvgIpc) is 2.26. The lowest BCUT2D eigenvalue weighted by atomic mass is 9.92. The number of rotatable bonds is 3. The van der Waals surface area contributed by atoms with Gasteiger partial charge >= 0.3 is 5.97 Å². The fraction of sp³-hybridized carbons (Fsp3) is 0.727. The van der Waals surface area contributed by atoms with E-state index < -0.39 is 0 Å². The zero-order chi connectivity index (χ0) is 11.3. The zero-order valence-electron chi connectivity index (χ0n) is 9.36. The van der Waals surface area contributed by atoms with E-state index in [1.165, 1.54) is 7.11 Å². The molecule has 1 saturated heterocycles. The van der Waals surface area contributed by atoms with Gasteiger partial charge in [-0.3, -0.25) is 9.59 Å². The van der Waals surface area contributed by atoms with Gasteiger partial charge in [0.15, 0.2) is 0 Å². The van der Waals surface area contributed by atoms with E-state index in [0.717, 1.165) is 25.9 Å². The number of hydrogen-bond donors (Lipinski definition) is 0. The van der Waals surface area contributed by atoms with Crippen molar-refractivity contribution < 1.29 is 14.3 Å². The third-order valence-corrected chi connectivity index (χ3v) is 2.83. The number of esters is 1. The monoisotopic (exact) mass is 212 g/mol. The van der Waals surface area contributed by atoms with Crippen LogP contribution in [0.4, 0.5) is 0 Å². The molecule has 0 N–H and O–H groups in total. The van der Waals surface area contributed by atoms with Gasteiger partial charge < -0.3 is 9.64 Å². The number of nitrogens with zero attached hydrogens (tertiary/aromatic N) is 1. The summed E-state index contributed by atoms with van der Waals surface area (Å²) in [4.78, 5) is 23.8. The second kappa shape index (κ2) is 5.73. The maximum Gasteiger partial charge on any atom is 0.305 e. The molecule has 0 bridgehead atoms. The first-order valence-electron chi connectivity index (χ1n) is 5.29. The van der Waals surface area contributed by atoms with Crippen molar-refractivity contribution in [2.24, 2.45) is 5.92 Å². The van der Waals surface area contributed by atoms with Crippen molar-refractivity contribution in [1.82, 2.24) is 4.90 Å². The predicted octanol–water partition coefficient (Wildman–Crippen LogP) is 1.01. The van der Waals surface area contributed by atoms with E-state index in [1.54, 1.807) is 6.92 Å². The molecule has 1 radical (unpaired) electrons. The molecule has 0 aromatic carbocycles. The van der Waals surface area contributed by atoms with Crippen molar-refractivity contribution in [3.05, 3.63) is 6.42 Å². The van der Waals surface area contributed by atoms with Crippen molar-refractivity contribution in [3.63, 3.8) is 0 Å². The third kappa shape index (κ3) is 3.90. The quantitative estimate of drug-likeness (QED) is 0.656. The molecule has 1 heterocycles. The smallest absolute Gasteiger partial charge is 0.305 e. The molecule has 0 atom stereocenters. The Kier molecular flexibility index (Phi) is 4.59. The number of likely N-dealkylation sites (tertiary alicyclic amines) is 1. The summed E-state index contributed by atoms with van der Waals surface area (Å²) in [5, 5.41) is 0. The van der Waals surface area contributed by atoms with Gasteiger partial charge in [0, 0.05) is 26.4 Å². The lowest BCUT2D eigenvalue weighted by Gasteiger charge is -2.30. The first kappa shape index (κ1) is 12.0. The average molecular weight is 212 g/mol. The fourth-order valence-corrected chi connectivity index (χ4v) is 1.80. The van der Waals surface area contributed by atoms with Crippen LogP contribution < -0.4 is 0 Å². The Morgan fingerprint density at radius 1 is 1.40 bits per heavy atom. The molecule has 0 aliphatic carbocycles. The van der Waals surface area contributed by atoms with Crippen LogP contribution >= 0.6 is 0 Å². The van der Waals surface area contributed by atoms with Gasteiger partial charge in [-0.15, -0.1) is 0 Å². The summed E-state index contributed by atoms with van der Waals surface area (Å²) < 4.78 is 4.57. The maximum absolute atomic E-state index is 11.1. The van der Waals surface area contributed by atoms with Crippen LogP contribution in [0.25, 0.3) is 0 Å². The largest absolute Gasteiger partial charge is 0.469 e. The van der Waals surface area contributed by atoms with Crippen molar-refractivity contribution in [2.45, 2.75) is 26.2 Å². The normalized spacial score (nSPS) is 17.6. The van der Waals surface area contributed by atoms with Crippen LogP contribution in [0, 0.1) is 12.3 Å². The molecule has 1 fully saturated rings. The predicted molar refractivity (Wildman–Crippen MR) is 55.9 cm³/mol. The lowest BCUT2D eigenvalue weighted by molar-refractivity contribution is -0.140. The van der Waals surface area contributed by atoms with Crippen LogP contribution in [0.2, 0.25) is 0 Å². The Labute approximate surface area is 90.6 Å². The molecule has 4 heteroatoms. The molecule has 85 valence electrons. The van der Waals surface area contributed by atoms with Gasteiger partial charge in [0.05, 0.1) is 7.11 Å². The van der Waals surface area contributed by atoms with E-state index in [-0.39, 0.29) is 11.9 Å². The molecule has 0 aromatic rings. The minimum atomic E-state index is -0.191. The third-order valence-electron chi connectivity index (χ3n) is 2.83. The summed E-state index contributed by atoms with van der Waals surface area (Å²) in [7, 11) is 1.40. The van der Waals surface area contributed by atoms with E-state index in [4.69, 9.17) is 0 Å². The van der Waals surface area contributed by atoms with Crippen molar-refractivity contribution in [1.29, 1.82) is 0 Å². The maximum atomic E-state index is 11.1. The summed E-state index contributed by atoms with van der Waals surface area (Å²) in [6, 6.07) is 0. The Bertz CT molecular complexity index is 232. The van der Waals surface area contributed by atoms with E-state index in [0.29, 0.717) is 12.3 Å². The highest BCUT2D eigenvalue weighted by Crippen LogP contribution is 2.21. The Morgan fingerprint density at radius 2 is 2.00 bits per heavy atom. The van der Waals surface area contributed by atoms with Gasteiger partial charge in [-0.25, -0.2) is 0 Å². The lowest BCUT2D eigenvalue weighted by Crippen LogP contribution is -2.37.